The van der Waals surface area contributed by atoms with E-state index < -0.39 is 23.9 Å². The van der Waals surface area contributed by atoms with Crippen molar-refractivity contribution in [3.63, 3.8) is 0 Å². The minimum atomic E-state index is -0.982. The van der Waals surface area contributed by atoms with Crippen molar-refractivity contribution in [3.05, 3.63) is 0 Å². The molecular weight excluding hydrogens is 448 g/mol. The van der Waals surface area contributed by atoms with Gasteiger partial charge in [0.05, 0.1) is 13.2 Å². The molecule has 0 aliphatic heterocycles. The number of amides is 2. The molecule has 0 bridgehead atoms. The molecule has 0 aliphatic rings. The van der Waals surface area contributed by atoms with E-state index in [2.05, 4.69) is 31.4 Å². The van der Waals surface area contributed by atoms with Gasteiger partial charge in [-0.2, -0.15) is 0 Å². The molecule has 0 aliphatic carbocycles. The zero-order chi connectivity index (χ0) is 27.3. The minimum Gasteiger partial charge on any atom is -0.465 e. The Balaban J connectivity index is 4.94. The van der Waals surface area contributed by atoms with Gasteiger partial charge in [-0.25, -0.2) is 4.79 Å². The predicted octanol–water partition coefficient (Wildman–Crippen LogP) is 4.54. The first kappa shape index (κ1) is 32.9. The summed E-state index contributed by atoms with van der Waals surface area (Å²) < 4.78 is 10.8. The predicted molar refractivity (Wildman–Crippen MR) is 138 cm³/mol. The Morgan fingerprint density at radius 1 is 0.686 bits per heavy atom. The van der Waals surface area contributed by atoms with Gasteiger partial charge in [0, 0.05) is 25.8 Å². The summed E-state index contributed by atoms with van der Waals surface area (Å²) in [5.74, 6) is -1.67. The smallest absolute Gasteiger partial charge is 0.328 e. The van der Waals surface area contributed by atoms with Crippen molar-refractivity contribution in [1.82, 2.24) is 10.6 Å². The Morgan fingerprint density at radius 2 is 1.17 bits per heavy atom. The van der Waals surface area contributed by atoms with Gasteiger partial charge < -0.3 is 20.1 Å². The van der Waals surface area contributed by atoms with Crippen LogP contribution in [0.4, 0.5) is 0 Å². The highest BCUT2D eigenvalue weighted by molar-refractivity contribution is 5.87. The minimum absolute atomic E-state index is 0.0139. The second kappa shape index (κ2) is 15.1. The number of rotatable bonds is 17. The molecule has 0 saturated carbocycles. The second-order valence-electron chi connectivity index (χ2n) is 11.8. The van der Waals surface area contributed by atoms with Gasteiger partial charge in [-0.3, -0.25) is 14.4 Å². The van der Waals surface area contributed by atoms with E-state index in [-0.39, 0.29) is 54.4 Å². The summed E-state index contributed by atoms with van der Waals surface area (Å²) in [7, 11) is 0. The number of nitrogens with one attached hydrogen (secondary N) is 2. The highest BCUT2D eigenvalue weighted by Gasteiger charge is 2.27. The van der Waals surface area contributed by atoms with Gasteiger partial charge in [-0.1, -0.05) is 62.3 Å². The second-order valence-corrected chi connectivity index (χ2v) is 11.8. The summed E-state index contributed by atoms with van der Waals surface area (Å²) >= 11 is 0. The molecule has 0 aromatic carbocycles. The van der Waals surface area contributed by atoms with E-state index in [4.69, 9.17) is 9.47 Å². The third kappa shape index (κ3) is 15.5. The lowest BCUT2D eigenvalue weighted by Gasteiger charge is -2.25. The van der Waals surface area contributed by atoms with Crippen LogP contribution in [0.5, 0.6) is 0 Å². The van der Waals surface area contributed by atoms with E-state index in [0.29, 0.717) is 13.2 Å². The van der Waals surface area contributed by atoms with Gasteiger partial charge in [0.2, 0.25) is 11.8 Å². The van der Waals surface area contributed by atoms with Gasteiger partial charge >= 0.3 is 11.9 Å². The van der Waals surface area contributed by atoms with Crippen LogP contribution in [0.25, 0.3) is 0 Å². The SMILES string of the molecule is CCC(C)(C)CNC(=O)CCC(=O)N[C@@H](CCC(=O)OCC(C)(C)CC)C(=O)OCC(C)(C)CC. The summed E-state index contributed by atoms with van der Waals surface area (Å²) in [6.45, 7) is 19.2. The van der Waals surface area contributed by atoms with Crippen molar-refractivity contribution in [2.75, 3.05) is 19.8 Å². The van der Waals surface area contributed by atoms with E-state index in [1.54, 1.807) is 0 Å². The maximum Gasteiger partial charge on any atom is 0.328 e. The van der Waals surface area contributed by atoms with Crippen molar-refractivity contribution in [2.45, 2.75) is 113 Å². The van der Waals surface area contributed by atoms with Crippen molar-refractivity contribution < 1.29 is 28.7 Å². The topological polar surface area (TPSA) is 111 Å². The van der Waals surface area contributed by atoms with Crippen molar-refractivity contribution in [2.24, 2.45) is 16.2 Å². The quantitative estimate of drug-likeness (QED) is 0.285. The third-order valence-electron chi connectivity index (χ3n) is 6.70. The van der Waals surface area contributed by atoms with Gasteiger partial charge in [0.15, 0.2) is 0 Å². The largest absolute Gasteiger partial charge is 0.465 e. The highest BCUT2D eigenvalue weighted by Crippen LogP contribution is 2.21. The molecular formula is C27H50N2O6. The van der Waals surface area contributed by atoms with Crippen LogP contribution in [-0.2, 0) is 28.7 Å². The van der Waals surface area contributed by atoms with Crippen LogP contribution in [0.15, 0.2) is 0 Å². The third-order valence-corrected chi connectivity index (χ3v) is 6.70. The Bertz CT molecular complexity index is 700. The van der Waals surface area contributed by atoms with Crippen LogP contribution in [0.1, 0.15) is 107 Å². The fourth-order valence-electron chi connectivity index (χ4n) is 2.48. The lowest BCUT2D eigenvalue weighted by molar-refractivity contribution is -0.152. The molecule has 2 N–H and O–H groups in total. The number of carbonyl (C=O) groups is 4. The molecule has 0 rings (SSSR count). The van der Waals surface area contributed by atoms with Gasteiger partial charge in [-0.05, 0) is 41.9 Å². The van der Waals surface area contributed by atoms with Crippen molar-refractivity contribution in [1.29, 1.82) is 0 Å². The number of ether oxygens (including phenoxy) is 2. The molecule has 0 fully saturated rings. The fraction of sp³-hybridized carbons (Fsp3) is 0.852. The van der Waals surface area contributed by atoms with E-state index in [0.717, 1.165) is 19.3 Å². The lowest BCUT2D eigenvalue weighted by atomic mass is 9.90. The van der Waals surface area contributed by atoms with Crippen LogP contribution in [0, 0.1) is 16.2 Å². The maximum atomic E-state index is 12.7. The summed E-state index contributed by atoms with van der Waals surface area (Å²) in [5, 5.41) is 5.50. The molecule has 0 aromatic rings. The zero-order valence-electron chi connectivity index (χ0n) is 23.6. The summed E-state index contributed by atoms with van der Waals surface area (Å²) in [6.07, 6.45) is 2.61. The Hall–Kier alpha value is -2.12. The highest BCUT2D eigenvalue weighted by atomic mass is 16.5. The van der Waals surface area contributed by atoms with E-state index >= 15 is 0 Å². The number of carbonyl (C=O) groups excluding carboxylic acids is 4. The number of hydrogen-bond acceptors (Lipinski definition) is 6. The van der Waals surface area contributed by atoms with Crippen LogP contribution in [0.3, 0.4) is 0 Å². The average molecular weight is 499 g/mol. The molecule has 0 aromatic heterocycles. The fourth-order valence-corrected chi connectivity index (χ4v) is 2.48. The Morgan fingerprint density at radius 3 is 1.69 bits per heavy atom. The first-order valence-corrected chi connectivity index (χ1v) is 12.9. The van der Waals surface area contributed by atoms with E-state index in [9.17, 15) is 19.2 Å². The first-order valence-electron chi connectivity index (χ1n) is 12.9. The number of hydrogen-bond donors (Lipinski definition) is 2. The van der Waals surface area contributed by atoms with Crippen LogP contribution < -0.4 is 10.6 Å². The molecule has 0 saturated heterocycles. The average Bonchev–Trinajstić information content (AvgIpc) is 2.81. The van der Waals surface area contributed by atoms with Crippen LogP contribution in [-0.4, -0.2) is 49.6 Å². The molecule has 8 heteroatoms. The summed E-state index contributed by atoms with van der Waals surface area (Å²) in [4.78, 5) is 49.6. The molecule has 35 heavy (non-hydrogen) atoms. The van der Waals surface area contributed by atoms with Crippen molar-refractivity contribution in [3.8, 4) is 0 Å². The molecule has 0 heterocycles. The van der Waals surface area contributed by atoms with Gasteiger partial charge in [0.1, 0.15) is 6.04 Å². The summed E-state index contributed by atoms with van der Waals surface area (Å²) in [5.41, 5.74) is -0.333. The standard InChI is InChI=1S/C27H50N2O6/c1-10-25(4,5)17-28-21(30)14-15-22(31)29-20(24(33)35-19-27(8,9)12-3)13-16-23(32)34-18-26(6,7)11-2/h20H,10-19H2,1-9H3,(H,28,30)(H,29,31)/t20-/m0/s1. The molecule has 204 valence electrons. The summed E-state index contributed by atoms with van der Waals surface area (Å²) in [6, 6.07) is -0.982. The van der Waals surface area contributed by atoms with E-state index in [1.807, 2.05) is 41.5 Å². The number of esters is 2. The van der Waals surface area contributed by atoms with Crippen LogP contribution in [0.2, 0.25) is 0 Å². The van der Waals surface area contributed by atoms with E-state index in [1.165, 1.54) is 0 Å². The van der Waals surface area contributed by atoms with Crippen LogP contribution >= 0.6 is 0 Å². The van der Waals surface area contributed by atoms with Gasteiger partial charge in [0.25, 0.3) is 0 Å². The molecule has 0 unspecified atom stereocenters. The Labute approximate surface area is 212 Å². The normalized spacial score (nSPS) is 13.1. The van der Waals surface area contributed by atoms with Crippen molar-refractivity contribution >= 4 is 23.8 Å². The lowest BCUT2D eigenvalue weighted by Crippen LogP contribution is -2.43. The molecule has 1 atom stereocenters. The first-order chi connectivity index (χ1) is 16.1. The van der Waals surface area contributed by atoms with Gasteiger partial charge in [-0.15, -0.1) is 0 Å². The monoisotopic (exact) mass is 498 g/mol. The maximum absolute atomic E-state index is 12.7. The zero-order valence-corrected chi connectivity index (χ0v) is 23.6. The Kier molecular flexibility index (Phi) is 14.2. The molecule has 0 radical (unpaired) electrons. The molecule has 2 amide bonds. The molecule has 8 nitrogen and oxygen atoms in total. The molecule has 0 spiro atoms.